The van der Waals surface area contributed by atoms with Crippen molar-refractivity contribution < 1.29 is 24.7 Å². The lowest BCUT2D eigenvalue weighted by Gasteiger charge is -2.27. The molecule has 0 saturated heterocycles. The Morgan fingerprint density at radius 1 is 1.04 bits per heavy atom. The highest BCUT2D eigenvalue weighted by Gasteiger charge is 2.53. The first kappa shape index (κ1) is 34.0. The van der Waals surface area contributed by atoms with Gasteiger partial charge in [0.25, 0.3) is 17.2 Å². The Hall–Kier alpha value is -5.92. The molecule has 0 spiro atoms. The van der Waals surface area contributed by atoms with Crippen molar-refractivity contribution in [3.63, 3.8) is 0 Å². The quantitative estimate of drug-likeness (QED) is 0.104. The lowest BCUT2D eigenvalue weighted by atomic mass is 9.82. The monoisotopic (exact) mass is 676 g/mol. The number of amides is 1. The van der Waals surface area contributed by atoms with E-state index in [0.29, 0.717) is 35.6 Å². The number of aryl methyl sites for hydroxylation is 1. The van der Waals surface area contributed by atoms with Crippen LogP contribution in [-0.4, -0.2) is 54.3 Å². The first-order valence-corrected chi connectivity index (χ1v) is 16.1. The highest BCUT2D eigenvalue weighted by atomic mass is 16.6. The van der Waals surface area contributed by atoms with E-state index in [1.165, 1.54) is 34.8 Å². The molecule has 13 heteroatoms. The fourth-order valence-corrected chi connectivity index (χ4v) is 6.31. The summed E-state index contributed by atoms with van der Waals surface area (Å²) in [5, 5.41) is 42.2. The van der Waals surface area contributed by atoms with Crippen molar-refractivity contribution in [1.82, 2.24) is 19.6 Å². The van der Waals surface area contributed by atoms with Crippen molar-refractivity contribution in [1.29, 1.82) is 0 Å². The molecular weight excluding hydrogens is 640 g/mol. The van der Waals surface area contributed by atoms with E-state index in [9.17, 15) is 29.9 Å². The summed E-state index contributed by atoms with van der Waals surface area (Å²) in [5.74, 6) is -1.50. The number of nitro groups is 1. The highest BCUT2D eigenvalue weighted by molar-refractivity contribution is 6.07. The van der Waals surface area contributed by atoms with Crippen molar-refractivity contribution in [3.05, 3.63) is 152 Å². The van der Waals surface area contributed by atoms with Crippen molar-refractivity contribution in [2.45, 2.75) is 38.0 Å². The number of non-ortho nitro benzene ring substituents is 1. The number of rotatable bonds is 13. The van der Waals surface area contributed by atoms with Gasteiger partial charge >= 0.3 is 0 Å². The molecule has 0 saturated carbocycles. The number of aliphatic hydroxyl groups is 2. The SMILES string of the molecule is COc1cccn(-c2cccc(CN3C(=O)[C@](O)([C@H](C)/C=C/CCn4cc(C(CO)c5ccccc5)nn4)c4cc([N+](=O)[O-])ccc43)c2)c1=O. The third kappa shape index (κ3) is 6.43. The van der Waals surface area contributed by atoms with Gasteiger partial charge in [0.2, 0.25) is 0 Å². The lowest BCUT2D eigenvalue weighted by Crippen LogP contribution is -2.44. The molecule has 256 valence electrons. The number of carbonyl (C=O) groups is 1. The number of carbonyl (C=O) groups excluding carboxylic acids is 1. The molecule has 1 unspecified atom stereocenters. The summed E-state index contributed by atoms with van der Waals surface area (Å²) in [6, 6.07) is 23.9. The fraction of sp³-hybridized carbons (Fsp3) is 0.243. The van der Waals surface area contributed by atoms with Gasteiger partial charge < -0.3 is 19.8 Å². The molecule has 3 aromatic carbocycles. The molecule has 1 aliphatic rings. The van der Waals surface area contributed by atoms with Gasteiger partial charge in [-0.2, -0.15) is 0 Å². The van der Waals surface area contributed by atoms with Crippen LogP contribution in [0.3, 0.4) is 0 Å². The molecular formula is C37H36N6O7. The maximum atomic E-state index is 14.1. The minimum atomic E-state index is -2.08. The average molecular weight is 677 g/mol. The van der Waals surface area contributed by atoms with Crippen molar-refractivity contribution >= 4 is 17.3 Å². The van der Waals surface area contributed by atoms with Crippen molar-refractivity contribution in [2.24, 2.45) is 5.92 Å². The Morgan fingerprint density at radius 3 is 2.58 bits per heavy atom. The van der Waals surface area contributed by atoms with Crippen molar-refractivity contribution in [2.75, 3.05) is 18.6 Å². The number of hydrogen-bond acceptors (Lipinski definition) is 9. The summed E-state index contributed by atoms with van der Waals surface area (Å²) in [7, 11) is 1.42. The van der Waals surface area contributed by atoms with E-state index in [1.54, 1.807) is 66.5 Å². The number of pyridine rings is 1. The number of aromatic nitrogens is 4. The molecule has 3 atom stereocenters. The molecule has 0 bridgehead atoms. The van der Waals surface area contributed by atoms with Gasteiger partial charge in [-0.1, -0.05) is 66.8 Å². The normalized spacial score (nSPS) is 16.8. The van der Waals surface area contributed by atoms with E-state index in [4.69, 9.17) is 4.74 Å². The summed E-state index contributed by atoms with van der Waals surface area (Å²) in [5.41, 5.74) is 0.634. The van der Waals surface area contributed by atoms with E-state index in [2.05, 4.69) is 10.3 Å². The molecule has 6 rings (SSSR count). The number of hydrogen-bond donors (Lipinski definition) is 2. The minimum absolute atomic E-state index is 0.0431. The summed E-state index contributed by atoms with van der Waals surface area (Å²) in [4.78, 5) is 39.6. The molecule has 13 nitrogen and oxygen atoms in total. The number of nitro benzene ring substituents is 1. The first-order valence-electron chi connectivity index (χ1n) is 16.1. The van der Waals surface area contributed by atoms with Gasteiger partial charge in [0.1, 0.15) is 0 Å². The standard InChI is InChI=1S/C37H36N6O7/c1-25(10-6-7-18-40-23-32(38-39-40)30(24-44)27-12-4-3-5-13-27)37(47)31-21-29(43(48)49)16-17-33(31)42(36(37)46)22-26-11-8-14-28(20-26)41-19-9-15-34(50-2)35(41)45/h3-6,8-17,19-21,23,25,30,44,47H,7,18,22,24H2,1-2H3/b10-6+/t25-,30?,37+/m1/s1. The smallest absolute Gasteiger partial charge is 0.297 e. The van der Waals surface area contributed by atoms with Gasteiger partial charge in [-0.05, 0) is 47.9 Å². The van der Waals surface area contributed by atoms with Crippen LogP contribution in [0.15, 0.2) is 114 Å². The van der Waals surface area contributed by atoms with Crippen LogP contribution in [0.2, 0.25) is 0 Å². The summed E-state index contributed by atoms with van der Waals surface area (Å²) < 4.78 is 8.27. The van der Waals surface area contributed by atoms with Gasteiger partial charge in [0.05, 0.1) is 42.5 Å². The zero-order valence-electron chi connectivity index (χ0n) is 27.5. The number of fused-ring (bicyclic) bond motifs is 1. The minimum Gasteiger partial charge on any atom is -0.491 e. The Kier molecular flexibility index (Phi) is 9.70. The third-order valence-electron chi connectivity index (χ3n) is 9.03. The number of benzene rings is 3. The van der Waals surface area contributed by atoms with E-state index in [1.807, 2.05) is 36.4 Å². The molecule has 50 heavy (non-hydrogen) atoms. The Morgan fingerprint density at radius 2 is 1.84 bits per heavy atom. The van der Waals surface area contributed by atoms with E-state index < -0.39 is 22.3 Å². The van der Waals surface area contributed by atoms with Crippen LogP contribution in [-0.2, 0) is 23.5 Å². The van der Waals surface area contributed by atoms with Gasteiger partial charge in [-0.25, -0.2) is 0 Å². The second kappa shape index (κ2) is 14.3. The number of ether oxygens (including phenoxy) is 1. The van der Waals surface area contributed by atoms with Gasteiger partial charge in [-0.3, -0.25) is 29.0 Å². The van der Waals surface area contributed by atoms with Crippen LogP contribution >= 0.6 is 0 Å². The number of anilines is 1. The molecule has 0 aliphatic carbocycles. The Balaban J connectivity index is 1.22. The third-order valence-corrected chi connectivity index (χ3v) is 9.03. The zero-order valence-corrected chi connectivity index (χ0v) is 27.5. The van der Waals surface area contributed by atoms with Crippen LogP contribution < -0.4 is 15.2 Å². The number of allylic oxidation sites excluding steroid dienone is 1. The second-order valence-corrected chi connectivity index (χ2v) is 12.1. The largest absolute Gasteiger partial charge is 0.491 e. The molecule has 1 amide bonds. The van der Waals surface area contributed by atoms with Gasteiger partial charge in [0, 0.05) is 48.2 Å². The fourth-order valence-electron chi connectivity index (χ4n) is 6.31. The summed E-state index contributed by atoms with van der Waals surface area (Å²) in [6.07, 6.45) is 7.44. The predicted octanol–water partition coefficient (Wildman–Crippen LogP) is 4.49. The second-order valence-electron chi connectivity index (χ2n) is 12.1. The van der Waals surface area contributed by atoms with Crippen LogP contribution in [0, 0.1) is 16.0 Å². The molecule has 3 heterocycles. The van der Waals surface area contributed by atoms with E-state index in [0.717, 1.165) is 5.56 Å². The number of aliphatic hydroxyl groups excluding tert-OH is 1. The zero-order chi connectivity index (χ0) is 35.4. The van der Waals surface area contributed by atoms with Crippen LogP contribution in [0.25, 0.3) is 5.69 Å². The average Bonchev–Trinajstić information content (AvgIpc) is 3.68. The molecule has 1 aliphatic heterocycles. The number of nitrogens with zero attached hydrogens (tertiary/aromatic N) is 6. The van der Waals surface area contributed by atoms with E-state index in [-0.39, 0.29) is 41.6 Å². The van der Waals surface area contributed by atoms with Crippen LogP contribution in [0.4, 0.5) is 11.4 Å². The van der Waals surface area contributed by atoms with Gasteiger partial charge in [-0.15, -0.1) is 5.10 Å². The first-order chi connectivity index (χ1) is 24.1. The number of methoxy groups -OCH3 is 1. The topological polar surface area (TPSA) is 166 Å². The molecule has 2 N–H and O–H groups in total. The van der Waals surface area contributed by atoms with Crippen LogP contribution in [0.5, 0.6) is 5.75 Å². The highest BCUT2D eigenvalue weighted by Crippen LogP contribution is 2.47. The molecule has 0 fully saturated rings. The summed E-state index contributed by atoms with van der Waals surface area (Å²) in [6.45, 7) is 2.07. The lowest BCUT2D eigenvalue weighted by molar-refractivity contribution is -0.385. The summed E-state index contributed by atoms with van der Waals surface area (Å²) >= 11 is 0. The molecule has 0 radical (unpaired) electrons. The molecule has 2 aromatic heterocycles. The van der Waals surface area contributed by atoms with Crippen LogP contribution in [0.1, 0.15) is 41.6 Å². The Bertz CT molecular complexity index is 2110. The van der Waals surface area contributed by atoms with E-state index >= 15 is 0 Å². The molecule has 5 aromatic rings. The van der Waals surface area contributed by atoms with Crippen molar-refractivity contribution in [3.8, 4) is 11.4 Å². The maximum absolute atomic E-state index is 14.1. The van der Waals surface area contributed by atoms with Gasteiger partial charge in [0.15, 0.2) is 11.4 Å². The predicted molar refractivity (Wildman–Crippen MR) is 185 cm³/mol. The Labute approximate surface area is 287 Å². The maximum Gasteiger partial charge on any atom is 0.297 e.